The summed E-state index contributed by atoms with van der Waals surface area (Å²) in [6, 6.07) is 11.9. The van der Waals surface area contributed by atoms with Crippen LogP contribution in [0.25, 0.3) is 0 Å². The topological polar surface area (TPSA) is 87.7 Å². The fourth-order valence-electron chi connectivity index (χ4n) is 3.29. The van der Waals surface area contributed by atoms with E-state index in [0.717, 1.165) is 4.90 Å². The third kappa shape index (κ3) is 4.06. The molecule has 1 heterocycles. The van der Waals surface area contributed by atoms with Crippen LogP contribution in [0.2, 0.25) is 0 Å². The van der Waals surface area contributed by atoms with Crippen molar-refractivity contribution in [2.45, 2.75) is 25.4 Å². The minimum absolute atomic E-state index is 0.167. The number of benzene rings is 2. The lowest BCUT2D eigenvalue weighted by Crippen LogP contribution is -2.44. The predicted molar refractivity (Wildman–Crippen MR) is 103 cm³/mol. The standard InChI is InChI=1S/C21H22FN3O4/c1-3-21(15-6-10-17(29-2)11-7-15)19(27)25(20(28)24-21)13-18(26)23-12-14-4-8-16(22)9-5-14/h4-11H,3,12-13H2,1-2H3,(H,23,26)(H,24,28)/t21-/m0/s1. The van der Waals surface area contributed by atoms with Crippen LogP contribution in [0.15, 0.2) is 48.5 Å². The van der Waals surface area contributed by atoms with Gasteiger partial charge < -0.3 is 15.4 Å². The van der Waals surface area contributed by atoms with Crippen LogP contribution in [-0.2, 0) is 21.7 Å². The average Bonchev–Trinajstić information content (AvgIpc) is 2.98. The summed E-state index contributed by atoms with van der Waals surface area (Å²) in [7, 11) is 1.54. The number of amides is 4. The molecule has 2 N–H and O–H groups in total. The number of imide groups is 1. The molecule has 29 heavy (non-hydrogen) atoms. The highest BCUT2D eigenvalue weighted by molar-refractivity contribution is 6.09. The van der Waals surface area contributed by atoms with Crippen molar-refractivity contribution in [3.8, 4) is 5.75 Å². The van der Waals surface area contributed by atoms with Gasteiger partial charge in [-0.2, -0.15) is 0 Å². The number of carbonyl (C=O) groups is 3. The summed E-state index contributed by atoms with van der Waals surface area (Å²) in [6.07, 6.45) is 0.331. The van der Waals surface area contributed by atoms with E-state index >= 15 is 0 Å². The second-order valence-corrected chi connectivity index (χ2v) is 6.71. The highest BCUT2D eigenvalue weighted by Crippen LogP contribution is 2.33. The Balaban J connectivity index is 1.69. The summed E-state index contributed by atoms with van der Waals surface area (Å²) in [5, 5.41) is 5.37. The normalized spacial score (nSPS) is 18.5. The molecule has 1 atom stereocenters. The van der Waals surface area contributed by atoms with Gasteiger partial charge in [-0.15, -0.1) is 0 Å². The van der Waals surface area contributed by atoms with Gasteiger partial charge in [0.1, 0.15) is 23.7 Å². The van der Waals surface area contributed by atoms with E-state index in [0.29, 0.717) is 23.3 Å². The van der Waals surface area contributed by atoms with Gasteiger partial charge >= 0.3 is 6.03 Å². The molecule has 152 valence electrons. The molecule has 0 spiro atoms. The first-order valence-corrected chi connectivity index (χ1v) is 9.19. The lowest BCUT2D eigenvalue weighted by atomic mass is 9.87. The SMILES string of the molecule is CC[C@@]1(c2ccc(OC)cc2)NC(=O)N(CC(=O)NCc2ccc(F)cc2)C1=O. The fourth-order valence-corrected chi connectivity index (χ4v) is 3.29. The van der Waals surface area contributed by atoms with E-state index in [1.165, 1.54) is 12.1 Å². The van der Waals surface area contributed by atoms with Crippen molar-refractivity contribution in [1.29, 1.82) is 0 Å². The predicted octanol–water partition coefficient (Wildman–Crippen LogP) is 2.31. The molecular weight excluding hydrogens is 377 g/mol. The van der Waals surface area contributed by atoms with Crippen molar-refractivity contribution in [1.82, 2.24) is 15.5 Å². The smallest absolute Gasteiger partial charge is 0.325 e. The van der Waals surface area contributed by atoms with Gasteiger partial charge in [0, 0.05) is 6.54 Å². The zero-order chi connectivity index (χ0) is 21.0. The molecule has 1 aliphatic rings. The number of carbonyl (C=O) groups excluding carboxylic acids is 3. The maximum atomic E-state index is 13.1. The lowest BCUT2D eigenvalue weighted by Gasteiger charge is -2.26. The first kappa shape index (κ1) is 20.3. The summed E-state index contributed by atoms with van der Waals surface area (Å²) in [4.78, 5) is 38.7. The van der Waals surface area contributed by atoms with E-state index in [9.17, 15) is 18.8 Å². The molecule has 3 rings (SSSR count). The average molecular weight is 399 g/mol. The van der Waals surface area contributed by atoms with Crippen LogP contribution in [0, 0.1) is 5.82 Å². The Hall–Kier alpha value is -3.42. The molecule has 0 saturated carbocycles. The van der Waals surface area contributed by atoms with Crippen LogP contribution in [0.1, 0.15) is 24.5 Å². The zero-order valence-electron chi connectivity index (χ0n) is 16.2. The van der Waals surface area contributed by atoms with E-state index < -0.39 is 29.9 Å². The first-order valence-electron chi connectivity index (χ1n) is 9.19. The quantitative estimate of drug-likeness (QED) is 0.700. The van der Waals surface area contributed by atoms with Crippen molar-refractivity contribution in [3.05, 3.63) is 65.5 Å². The Labute approximate surface area is 167 Å². The van der Waals surface area contributed by atoms with E-state index in [-0.39, 0.29) is 12.4 Å². The zero-order valence-corrected chi connectivity index (χ0v) is 16.2. The van der Waals surface area contributed by atoms with Gasteiger partial charge in [0.2, 0.25) is 5.91 Å². The minimum atomic E-state index is -1.22. The second kappa shape index (κ2) is 8.30. The third-order valence-corrected chi connectivity index (χ3v) is 4.99. The number of methoxy groups -OCH3 is 1. The Morgan fingerprint density at radius 3 is 2.38 bits per heavy atom. The summed E-state index contributed by atoms with van der Waals surface area (Å²) in [5.74, 6) is -0.700. The Kier molecular flexibility index (Phi) is 5.81. The van der Waals surface area contributed by atoms with Crippen molar-refractivity contribution < 1.29 is 23.5 Å². The molecule has 1 fully saturated rings. The van der Waals surface area contributed by atoms with Gasteiger partial charge in [-0.05, 0) is 41.8 Å². The van der Waals surface area contributed by atoms with E-state index in [1.807, 2.05) is 0 Å². The van der Waals surface area contributed by atoms with Gasteiger partial charge in [-0.1, -0.05) is 31.2 Å². The second-order valence-electron chi connectivity index (χ2n) is 6.71. The summed E-state index contributed by atoms with van der Waals surface area (Å²) >= 11 is 0. The number of ether oxygens (including phenoxy) is 1. The van der Waals surface area contributed by atoms with E-state index in [2.05, 4.69) is 10.6 Å². The molecule has 1 saturated heterocycles. The molecule has 0 bridgehead atoms. The molecular formula is C21H22FN3O4. The Bertz CT molecular complexity index is 915. The Morgan fingerprint density at radius 2 is 1.79 bits per heavy atom. The number of nitrogens with zero attached hydrogens (tertiary/aromatic N) is 1. The highest BCUT2D eigenvalue weighted by atomic mass is 19.1. The van der Waals surface area contributed by atoms with Crippen LogP contribution < -0.4 is 15.4 Å². The van der Waals surface area contributed by atoms with Crippen LogP contribution in [0.5, 0.6) is 5.75 Å². The minimum Gasteiger partial charge on any atom is -0.497 e. The fraction of sp³-hybridized carbons (Fsp3) is 0.286. The number of nitrogens with one attached hydrogen (secondary N) is 2. The molecule has 0 unspecified atom stereocenters. The molecule has 2 aromatic rings. The largest absolute Gasteiger partial charge is 0.497 e. The van der Waals surface area contributed by atoms with Gasteiger partial charge in [0.25, 0.3) is 5.91 Å². The number of rotatable bonds is 7. The molecule has 0 aliphatic carbocycles. The van der Waals surface area contributed by atoms with Crippen molar-refractivity contribution in [2.75, 3.05) is 13.7 Å². The van der Waals surface area contributed by atoms with Gasteiger partial charge in [0.05, 0.1) is 7.11 Å². The summed E-state index contributed by atoms with van der Waals surface area (Å²) < 4.78 is 18.1. The third-order valence-electron chi connectivity index (χ3n) is 4.99. The lowest BCUT2D eigenvalue weighted by molar-refractivity contribution is -0.135. The number of halogens is 1. The molecule has 2 aromatic carbocycles. The molecule has 7 nitrogen and oxygen atoms in total. The number of hydrogen-bond acceptors (Lipinski definition) is 4. The van der Waals surface area contributed by atoms with Crippen LogP contribution in [-0.4, -0.2) is 36.4 Å². The monoisotopic (exact) mass is 399 g/mol. The van der Waals surface area contributed by atoms with Gasteiger partial charge in [0.15, 0.2) is 0 Å². The molecule has 1 aliphatic heterocycles. The van der Waals surface area contributed by atoms with Crippen LogP contribution in [0.3, 0.4) is 0 Å². The Morgan fingerprint density at radius 1 is 1.14 bits per heavy atom. The maximum absolute atomic E-state index is 13.1. The van der Waals surface area contributed by atoms with Crippen LogP contribution in [0.4, 0.5) is 9.18 Å². The number of hydrogen-bond donors (Lipinski definition) is 2. The molecule has 0 radical (unpaired) electrons. The summed E-state index contributed by atoms with van der Waals surface area (Å²) in [6.45, 7) is 1.56. The van der Waals surface area contributed by atoms with Gasteiger partial charge in [-0.3, -0.25) is 14.5 Å². The summed E-state index contributed by atoms with van der Waals surface area (Å²) in [5.41, 5.74) is 0.104. The van der Waals surface area contributed by atoms with E-state index in [4.69, 9.17) is 4.74 Å². The van der Waals surface area contributed by atoms with Crippen LogP contribution >= 0.6 is 0 Å². The number of urea groups is 1. The van der Waals surface area contributed by atoms with Crippen molar-refractivity contribution in [2.24, 2.45) is 0 Å². The van der Waals surface area contributed by atoms with Crippen molar-refractivity contribution >= 4 is 17.8 Å². The van der Waals surface area contributed by atoms with Crippen molar-refractivity contribution in [3.63, 3.8) is 0 Å². The highest BCUT2D eigenvalue weighted by Gasteiger charge is 2.51. The first-order chi connectivity index (χ1) is 13.9. The van der Waals surface area contributed by atoms with Gasteiger partial charge in [-0.25, -0.2) is 9.18 Å². The molecule has 4 amide bonds. The molecule has 0 aromatic heterocycles. The molecule has 8 heteroatoms. The maximum Gasteiger partial charge on any atom is 0.325 e. The van der Waals surface area contributed by atoms with E-state index in [1.54, 1.807) is 50.4 Å².